The van der Waals surface area contributed by atoms with Crippen molar-refractivity contribution < 1.29 is 17.9 Å². The second-order valence-electron chi connectivity index (χ2n) is 8.26. The molecule has 2 aromatic carbocycles. The summed E-state index contributed by atoms with van der Waals surface area (Å²) in [7, 11) is -3.53. The summed E-state index contributed by atoms with van der Waals surface area (Å²) in [6.45, 7) is 8.41. The van der Waals surface area contributed by atoms with Crippen molar-refractivity contribution in [3.63, 3.8) is 0 Å². The first-order chi connectivity index (χ1) is 14.7. The maximum absolute atomic E-state index is 13.1. The van der Waals surface area contributed by atoms with Gasteiger partial charge in [-0.05, 0) is 75.4 Å². The number of hydrogen-bond donors (Lipinski definition) is 1. The second kappa shape index (κ2) is 9.83. The largest absolute Gasteiger partial charge is 0.483 e. The Morgan fingerprint density at radius 3 is 2.35 bits per heavy atom. The van der Waals surface area contributed by atoms with E-state index in [2.05, 4.69) is 5.32 Å². The molecule has 1 aliphatic heterocycles. The minimum absolute atomic E-state index is 0.0592. The van der Waals surface area contributed by atoms with Gasteiger partial charge in [-0.25, -0.2) is 8.42 Å². The molecule has 1 amide bonds. The summed E-state index contributed by atoms with van der Waals surface area (Å²) in [5.41, 5.74) is 3.66. The van der Waals surface area contributed by atoms with Crippen LogP contribution in [0.15, 0.2) is 41.3 Å². The van der Waals surface area contributed by atoms with Crippen LogP contribution in [0.4, 0.5) is 5.69 Å². The Kier molecular flexibility index (Phi) is 7.38. The number of nitrogens with zero attached hydrogens (tertiary/aromatic N) is 1. The fraction of sp³-hybridized carbons (Fsp3) is 0.458. The molecule has 0 radical (unpaired) electrons. The molecule has 1 unspecified atom stereocenters. The van der Waals surface area contributed by atoms with Gasteiger partial charge in [-0.3, -0.25) is 4.79 Å². The van der Waals surface area contributed by atoms with E-state index in [1.165, 1.54) is 0 Å². The summed E-state index contributed by atoms with van der Waals surface area (Å²) in [4.78, 5) is 12.6. The van der Waals surface area contributed by atoms with Gasteiger partial charge >= 0.3 is 0 Å². The molecule has 1 aliphatic rings. The van der Waals surface area contributed by atoms with E-state index in [0.29, 0.717) is 18.0 Å². The predicted molar refractivity (Wildman–Crippen MR) is 123 cm³/mol. The first-order valence-electron chi connectivity index (χ1n) is 10.8. The lowest BCUT2D eigenvalue weighted by atomic mass is 10.0. The molecule has 1 fully saturated rings. The van der Waals surface area contributed by atoms with Crippen LogP contribution in [-0.2, 0) is 14.8 Å². The molecule has 0 aromatic heterocycles. The highest BCUT2D eigenvalue weighted by molar-refractivity contribution is 7.89. The van der Waals surface area contributed by atoms with Gasteiger partial charge in [0.05, 0.1) is 4.90 Å². The molecule has 0 spiro atoms. The van der Waals surface area contributed by atoms with Crippen molar-refractivity contribution >= 4 is 21.6 Å². The number of carbonyl (C=O) groups is 1. The Bertz CT molecular complexity index is 1010. The molecule has 1 saturated heterocycles. The molecule has 1 N–H and O–H groups in total. The number of benzene rings is 2. The zero-order valence-electron chi connectivity index (χ0n) is 18.8. The van der Waals surface area contributed by atoms with Gasteiger partial charge in [-0.2, -0.15) is 4.31 Å². The normalized spacial score (nSPS) is 17.4. The first-order valence-corrected chi connectivity index (χ1v) is 12.3. The Morgan fingerprint density at radius 1 is 1.10 bits per heavy atom. The fourth-order valence-corrected chi connectivity index (χ4v) is 6.04. The van der Waals surface area contributed by atoms with Crippen LogP contribution in [0.2, 0.25) is 0 Å². The zero-order chi connectivity index (χ0) is 22.6. The Morgan fingerprint density at radius 2 is 1.74 bits per heavy atom. The van der Waals surface area contributed by atoms with Crippen molar-refractivity contribution in [2.75, 3.05) is 18.5 Å². The predicted octanol–water partition coefficient (Wildman–Crippen LogP) is 4.58. The summed E-state index contributed by atoms with van der Waals surface area (Å²) < 4.78 is 33.5. The van der Waals surface area contributed by atoms with Crippen LogP contribution in [0.1, 0.15) is 49.3 Å². The van der Waals surface area contributed by atoms with Gasteiger partial charge in [-0.15, -0.1) is 0 Å². The fourth-order valence-electron chi connectivity index (χ4n) is 4.27. The van der Waals surface area contributed by atoms with Crippen molar-refractivity contribution in [2.45, 2.75) is 64.3 Å². The van der Waals surface area contributed by atoms with Gasteiger partial charge in [0.2, 0.25) is 10.0 Å². The summed E-state index contributed by atoms with van der Waals surface area (Å²) >= 11 is 0. The minimum Gasteiger partial charge on any atom is -0.483 e. The average Bonchev–Trinajstić information content (AvgIpc) is 2.73. The van der Waals surface area contributed by atoms with E-state index in [1.807, 2.05) is 39.8 Å². The molecule has 1 heterocycles. The summed E-state index contributed by atoms with van der Waals surface area (Å²) in [6, 6.07) is 10.5. The van der Waals surface area contributed by atoms with Crippen LogP contribution in [0, 0.1) is 20.8 Å². The number of hydrogen-bond acceptors (Lipinski definition) is 4. The van der Waals surface area contributed by atoms with Crippen molar-refractivity contribution in [1.29, 1.82) is 0 Å². The van der Waals surface area contributed by atoms with Crippen LogP contribution >= 0.6 is 0 Å². The third-order valence-corrected chi connectivity index (χ3v) is 7.71. The van der Waals surface area contributed by atoms with Gasteiger partial charge in [0.25, 0.3) is 5.91 Å². The number of carbonyl (C=O) groups excluding carboxylic acids is 1. The van der Waals surface area contributed by atoms with Crippen LogP contribution < -0.4 is 10.1 Å². The highest BCUT2D eigenvalue weighted by Gasteiger charge is 2.32. The van der Waals surface area contributed by atoms with E-state index >= 15 is 0 Å². The second-order valence-corrected chi connectivity index (χ2v) is 10.2. The molecule has 31 heavy (non-hydrogen) atoms. The Balaban J connectivity index is 1.63. The van der Waals surface area contributed by atoms with Gasteiger partial charge < -0.3 is 10.1 Å². The van der Waals surface area contributed by atoms with Crippen LogP contribution in [0.5, 0.6) is 5.75 Å². The number of piperidine rings is 1. The minimum atomic E-state index is -3.53. The van der Waals surface area contributed by atoms with E-state index < -0.39 is 10.0 Å². The molecule has 2 aromatic rings. The Hall–Kier alpha value is -2.38. The van der Waals surface area contributed by atoms with Crippen molar-refractivity contribution in [2.24, 2.45) is 0 Å². The number of aryl methyl sites for hydroxylation is 3. The summed E-state index contributed by atoms with van der Waals surface area (Å²) in [5, 5.41) is 2.77. The van der Waals surface area contributed by atoms with Gasteiger partial charge in [0, 0.05) is 18.3 Å². The summed E-state index contributed by atoms with van der Waals surface area (Å²) in [6.07, 6.45) is 3.68. The highest BCUT2D eigenvalue weighted by atomic mass is 32.2. The van der Waals surface area contributed by atoms with Gasteiger partial charge in [0.15, 0.2) is 6.61 Å². The molecule has 168 valence electrons. The molecular formula is C24H32N2O4S. The number of ether oxygens (including phenoxy) is 1. The number of anilines is 1. The topological polar surface area (TPSA) is 75.7 Å². The number of nitrogens with one attached hydrogen (secondary N) is 1. The average molecular weight is 445 g/mol. The third-order valence-electron chi connectivity index (χ3n) is 5.74. The van der Waals surface area contributed by atoms with E-state index in [0.717, 1.165) is 42.4 Å². The van der Waals surface area contributed by atoms with E-state index in [-0.39, 0.29) is 23.5 Å². The standard InChI is InChI=1S/C24H32N2O4S/c1-5-21-8-6-7-13-26(21)31(28,29)22-11-9-20(10-12-22)25-23(27)16-30-24-18(3)14-17(2)15-19(24)4/h9-12,14-15,21H,5-8,13,16H2,1-4H3,(H,25,27). The van der Waals surface area contributed by atoms with Crippen LogP contribution in [0.25, 0.3) is 0 Å². The van der Waals surface area contributed by atoms with Crippen LogP contribution in [-0.4, -0.2) is 37.8 Å². The molecule has 3 rings (SSSR count). The monoisotopic (exact) mass is 444 g/mol. The van der Waals surface area contributed by atoms with Crippen molar-refractivity contribution in [1.82, 2.24) is 4.31 Å². The van der Waals surface area contributed by atoms with Crippen molar-refractivity contribution in [3.05, 3.63) is 53.1 Å². The molecular weight excluding hydrogens is 412 g/mol. The SMILES string of the molecule is CCC1CCCCN1S(=O)(=O)c1ccc(NC(=O)COc2c(C)cc(C)cc2C)cc1. The van der Waals surface area contributed by atoms with E-state index in [4.69, 9.17) is 4.74 Å². The maximum Gasteiger partial charge on any atom is 0.262 e. The maximum atomic E-state index is 13.1. The van der Waals surface area contributed by atoms with Crippen molar-refractivity contribution in [3.8, 4) is 5.75 Å². The lowest BCUT2D eigenvalue weighted by Gasteiger charge is -2.34. The van der Waals surface area contributed by atoms with Gasteiger partial charge in [0.1, 0.15) is 5.75 Å². The molecule has 1 atom stereocenters. The number of sulfonamides is 1. The Labute approximate surface area is 185 Å². The van der Waals surface area contributed by atoms with E-state index in [1.54, 1.807) is 28.6 Å². The molecule has 0 aliphatic carbocycles. The van der Waals surface area contributed by atoms with E-state index in [9.17, 15) is 13.2 Å². The zero-order valence-corrected chi connectivity index (χ0v) is 19.6. The number of amides is 1. The van der Waals surface area contributed by atoms with Crippen LogP contribution in [0.3, 0.4) is 0 Å². The molecule has 0 bridgehead atoms. The summed E-state index contributed by atoms with van der Waals surface area (Å²) in [5.74, 6) is 0.422. The van der Waals surface area contributed by atoms with Gasteiger partial charge in [-0.1, -0.05) is 31.0 Å². The number of rotatable bonds is 7. The highest BCUT2D eigenvalue weighted by Crippen LogP contribution is 2.28. The first kappa shape index (κ1) is 23.3. The lowest BCUT2D eigenvalue weighted by molar-refractivity contribution is -0.118. The molecule has 6 nitrogen and oxygen atoms in total. The third kappa shape index (κ3) is 5.46. The molecule has 7 heteroatoms. The smallest absolute Gasteiger partial charge is 0.262 e. The molecule has 0 saturated carbocycles. The quantitative estimate of drug-likeness (QED) is 0.678. The lowest BCUT2D eigenvalue weighted by Crippen LogP contribution is -2.43.